The fourth-order valence-corrected chi connectivity index (χ4v) is 2.06. The number of hydrogen-bond acceptors (Lipinski definition) is 5. The summed E-state index contributed by atoms with van der Waals surface area (Å²) in [6.45, 7) is 2.13. The second-order valence-corrected chi connectivity index (χ2v) is 4.79. The molecule has 1 atom stereocenters. The van der Waals surface area contributed by atoms with Crippen LogP contribution < -0.4 is 10.5 Å². The first-order chi connectivity index (χ1) is 9.74. The van der Waals surface area contributed by atoms with Gasteiger partial charge in [0.2, 0.25) is 5.89 Å². The lowest BCUT2D eigenvalue weighted by Gasteiger charge is -2.05. The van der Waals surface area contributed by atoms with Gasteiger partial charge in [0.1, 0.15) is 5.75 Å². The second-order valence-electron chi connectivity index (χ2n) is 4.79. The largest absolute Gasteiger partial charge is 0.496 e. The maximum Gasteiger partial charge on any atom is 0.243 e. The maximum absolute atomic E-state index is 6.02. The lowest BCUT2D eigenvalue weighted by molar-refractivity contribution is 0.343. The van der Waals surface area contributed by atoms with E-state index in [0.717, 1.165) is 30.6 Å². The third-order valence-corrected chi connectivity index (χ3v) is 3.21. The fraction of sp³-hybridized carbons (Fsp3) is 0.467. The van der Waals surface area contributed by atoms with E-state index in [1.165, 1.54) is 0 Å². The Morgan fingerprint density at radius 2 is 2.15 bits per heavy atom. The van der Waals surface area contributed by atoms with Crippen LogP contribution in [0.1, 0.15) is 49.5 Å². The van der Waals surface area contributed by atoms with Gasteiger partial charge in [-0.2, -0.15) is 4.98 Å². The van der Waals surface area contributed by atoms with E-state index >= 15 is 0 Å². The molecule has 108 valence electrons. The summed E-state index contributed by atoms with van der Waals surface area (Å²) in [5, 5.41) is 3.99. The summed E-state index contributed by atoms with van der Waals surface area (Å²) >= 11 is 0. The van der Waals surface area contributed by atoms with Crippen molar-refractivity contribution in [2.24, 2.45) is 5.73 Å². The summed E-state index contributed by atoms with van der Waals surface area (Å²) < 4.78 is 10.6. The highest BCUT2D eigenvalue weighted by Gasteiger charge is 2.15. The van der Waals surface area contributed by atoms with Crippen molar-refractivity contribution < 1.29 is 9.26 Å². The molecule has 0 aliphatic heterocycles. The zero-order chi connectivity index (χ0) is 14.4. The van der Waals surface area contributed by atoms with Crippen LogP contribution in [0.3, 0.4) is 0 Å². The number of aromatic nitrogens is 2. The summed E-state index contributed by atoms with van der Waals surface area (Å²) in [6.07, 6.45) is 3.61. The smallest absolute Gasteiger partial charge is 0.243 e. The van der Waals surface area contributed by atoms with Gasteiger partial charge in [0.15, 0.2) is 5.82 Å². The minimum absolute atomic E-state index is 0.172. The first kappa shape index (κ1) is 14.5. The molecule has 0 aliphatic carbocycles. The van der Waals surface area contributed by atoms with Crippen LogP contribution in [0.25, 0.3) is 0 Å². The van der Waals surface area contributed by atoms with Gasteiger partial charge in [0.25, 0.3) is 0 Å². The lowest BCUT2D eigenvalue weighted by Crippen LogP contribution is -2.10. The highest BCUT2D eigenvalue weighted by Crippen LogP contribution is 2.21. The number of benzene rings is 1. The highest BCUT2D eigenvalue weighted by molar-refractivity contribution is 5.35. The van der Waals surface area contributed by atoms with Gasteiger partial charge in [-0.05, 0) is 12.5 Å². The molecule has 0 spiro atoms. The molecule has 5 nitrogen and oxygen atoms in total. The Bertz CT molecular complexity index is 539. The number of para-hydroxylation sites is 1. The number of rotatable bonds is 7. The monoisotopic (exact) mass is 275 g/mol. The van der Waals surface area contributed by atoms with E-state index in [1.54, 1.807) is 7.11 Å². The van der Waals surface area contributed by atoms with Gasteiger partial charge in [-0.15, -0.1) is 0 Å². The highest BCUT2D eigenvalue weighted by atomic mass is 16.5. The molecule has 1 heterocycles. The van der Waals surface area contributed by atoms with Crippen LogP contribution in [0.2, 0.25) is 0 Å². The van der Waals surface area contributed by atoms with Crippen molar-refractivity contribution in [2.45, 2.75) is 38.6 Å². The molecule has 0 saturated carbocycles. The summed E-state index contributed by atoms with van der Waals surface area (Å²) in [4.78, 5) is 4.38. The molecular weight excluding hydrogens is 254 g/mol. The van der Waals surface area contributed by atoms with Crippen LogP contribution in [-0.4, -0.2) is 17.3 Å². The summed E-state index contributed by atoms with van der Waals surface area (Å²) in [5.41, 5.74) is 7.05. The van der Waals surface area contributed by atoms with Crippen molar-refractivity contribution in [2.75, 3.05) is 7.11 Å². The van der Waals surface area contributed by atoms with Crippen LogP contribution >= 0.6 is 0 Å². The maximum atomic E-state index is 6.02. The van der Waals surface area contributed by atoms with E-state index in [0.29, 0.717) is 18.1 Å². The predicted octanol–water partition coefficient (Wildman–Crippen LogP) is 2.86. The summed E-state index contributed by atoms with van der Waals surface area (Å²) in [7, 11) is 1.65. The molecule has 20 heavy (non-hydrogen) atoms. The fourth-order valence-electron chi connectivity index (χ4n) is 2.06. The van der Waals surface area contributed by atoms with Crippen molar-refractivity contribution in [3.05, 3.63) is 41.5 Å². The Morgan fingerprint density at radius 1 is 1.35 bits per heavy atom. The molecule has 1 unspecified atom stereocenters. The summed E-state index contributed by atoms with van der Waals surface area (Å²) in [6, 6.07) is 7.64. The molecule has 2 aromatic rings. The van der Waals surface area contributed by atoms with Crippen LogP contribution in [-0.2, 0) is 6.42 Å². The lowest BCUT2D eigenvalue weighted by atomic mass is 10.1. The molecule has 5 heteroatoms. The van der Waals surface area contributed by atoms with Gasteiger partial charge in [-0.1, -0.05) is 43.1 Å². The number of hydrogen-bond donors (Lipinski definition) is 1. The average molecular weight is 275 g/mol. The molecule has 0 bridgehead atoms. The molecule has 1 aromatic carbocycles. The van der Waals surface area contributed by atoms with Crippen molar-refractivity contribution in [3.8, 4) is 5.75 Å². The summed E-state index contributed by atoms with van der Waals surface area (Å²) in [5.74, 6) is 1.98. The number of unbranched alkanes of at least 4 members (excludes halogenated alkanes) is 1. The van der Waals surface area contributed by atoms with Gasteiger partial charge in [-0.25, -0.2) is 0 Å². The van der Waals surface area contributed by atoms with E-state index in [9.17, 15) is 0 Å². The van der Waals surface area contributed by atoms with Gasteiger partial charge in [0, 0.05) is 12.0 Å². The van der Waals surface area contributed by atoms with Crippen LogP contribution in [0.15, 0.2) is 28.8 Å². The number of nitrogens with zero attached hydrogens (tertiary/aromatic N) is 2. The molecular formula is C15H21N3O2. The molecule has 0 radical (unpaired) electrons. The minimum Gasteiger partial charge on any atom is -0.496 e. The van der Waals surface area contributed by atoms with Crippen LogP contribution in [0, 0.1) is 0 Å². The average Bonchev–Trinajstić information content (AvgIpc) is 2.94. The third kappa shape index (κ3) is 3.57. The molecule has 0 fully saturated rings. The zero-order valence-electron chi connectivity index (χ0n) is 12.0. The molecule has 0 saturated heterocycles. The van der Waals surface area contributed by atoms with E-state index in [2.05, 4.69) is 17.1 Å². The quantitative estimate of drug-likeness (QED) is 0.841. The molecule has 0 amide bonds. The van der Waals surface area contributed by atoms with Gasteiger partial charge < -0.3 is 15.0 Å². The minimum atomic E-state index is -0.172. The second kappa shape index (κ2) is 7.05. The van der Waals surface area contributed by atoms with Gasteiger partial charge >= 0.3 is 0 Å². The normalized spacial score (nSPS) is 12.3. The van der Waals surface area contributed by atoms with E-state index in [4.69, 9.17) is 15.0 Å². The van der Waals surface area contributed by atoms with E-state index in [1.807, 2.05) is 24.3 Å². The topological polar surface area (TPSA) is 74.2 Å². The van der Waals surface area contributed by atoms with Crippen molar-refractivity contribution >= 4 is 0 Å². The standard InChI is InChI=1S/C15H21N3O2/c1-3-4-8-12(16)15-17-14(18-20-15)10-11-7-5-6-9-13(11)19-2/h5-7,9,12H,3-4,8,10,16H2,1-2H3. The van der Waals surface area contributed by atoms with Crippen molar-refractivity contribution in [1.29, 1.82) is 0 Å². The van der Waals surface area contributed by atoms with Crippen LogP contribution in [0.5, 0.6) is 5.75 Å². The van der Waals surface area contributed by atoms with Gasteiger partial charge in [0.05, 0.1) is 13.2 Å². The number of nitrogens with two attached hydrogens (primary N) is 1. The molecule has 2 rings (SSSR count). The molecule has 0 aliphatic rings. The molecule has 1 aromatic heterocycles. The van der Waals surface area contributed by atoms with E-state index in [-0.39, 0.29) is 6.04 Å². The zero-order valence-corrected chi connectivity index (χ0v) is 12.0. The molecule has 2 N–H and O–H groups in total. The Morgan fingerprint density at radius 3 is 2.90 bits per heavy atom. The van der Waals surface area contributed by atoms with Gasteiger partial charge in [-0.3, -0.25) is 0 Å². The van der Waals surface area contributed by atoms with Crippen molar-refractivity contribution in [1.82, 2.24) is 10.1 Å². The Hall–Kier alpha value is -1.88. The number of ether oxygens (including phenoxy) is 1. The Kier molecular flexibility index (Phi) is 5.12. The predicted molar refractivity (Wildman–Crippen MR) is 76.6 cm³/mol. The Labute approximate surface area is 119 Å². The Balaban J connectivity index is 2.05. The third-order valence-electron chi connectivity index (χ3n) is 3.21. The SMILES string of the molecule is CCCCC(N)c1nc(Cc2ccccc2OC)no1. The first-order valence-electron chi connectivity index (χ1n) is 6.94. The van der Waals surface area contributed by atoms with Crippen LogP contribution in [0.4, 0.5) is 0 Å². The van der Waals surface area contributed by atoms with Crippen molar-refractivity contribution in [3.63, 3.8) is 0 Å². The number of methoxy groups -OCH3 is 1. The first-order valence-corrected chi connectivity index (χ1v) is 6.94. The van der Waals surface area contributed by atoms with E-state index < -0.39 is 0 Å².